The molecule has 148 valence electrons. The molecule has 2 fully saturated rings. The van der Waals surface area contributed by atoms with Gasteiger partial charge in [0.15, 0.2) is 5.54 Å². The molecule has 5 rings (SSSR count). The van der Waals surface area contributed by atoms with Gasteiger partial charge in [0.25, 0.3) is 5.91 Å². The van der Waals surface area contributed by atoms with Gasteiger partial charge in [0.1, 0.15) is 12.3 Å². The molecule has 1 aromatic carbocycles. The number of nitrogens with one attached hydrogen (secondary N) is 1. The van der Waals surface area contributed by atoms with Crippen LogP contribution in [-0.4, -0.2) is 52.8 Å². The lowest BCUT2D eigenvalue weighted by molar-refractivity contribution is -0.169. The number of ether oxygens (including phenoxy) is 1. The molecule has 3 aliphatic rings. The van der Waals surface area contributed by atoms with Crippen molar-refractivity contribution in [2.45, 2.75) is 57.0 Å². The number of hydrogen-bond acceptors (Lipinski definition) is 3. The van der Waals surface area contributed by atoms with Crippen LogP contribution in [0.4, 0.5) is 0 Å². The molecule has 2 aliphatic heterocycles. The molecule has 0 bridgehead atoms. The second-order valence-corrected chi connectivity index (χ2v) is 8.48. The SMILES string of the molecule is COc1ccc2[nH]c3c(c2c1)CCN1C(=O)CN(C2CCCCC2)C(=O)C31C. The summed E-state index contributed by atoms with van der Waals surface area (Å²) >= 11 is 0. The van der Waals surface area contributed by atoms with E-state index in [2.05, 4.69) is 4.98 Å². The van der Waals surface area contributed by atoms with Gasteiger partial charge < -0.3 is 19.5 Å². The third-order valence-corrected chi connectivity index (χ3v) is 7.02. The normalized spacial score (nSPS) is 25.8. The molecule has 1 aromatic heterocycles. The summed E-state index contributed by atoms with van der Waals surface area (Å²) in [7, 11) is 1.66. The summed E-state index contributed by atoms with van der Waals surface area (Å²) in [6.45, 7) is 2.73. The summed E-state index contributed by atoms with van der Waals surface area (Å²) in [5.41, 5.74) is 2.05. The van der Waals surface area contributed by atoms with Crippen molar-refractivity contribution in [1.82, 2.24) is 14.8 Å². The van der Waals surface area contributed by atoms with Crippen molar-refractivity contribution in [3.63, 3.8) is 0 Å². The van der Waals surface area contributed by atoms with Crippen LogP contribution in [-0.2, 0) is 21.5 Å². The number of hydrogen-bond donors (Lipinski definition) is 1. The summed E-state index contributed by atoms with van der Waals surface area (Å²) in [6.07, 6.45) is 6.27. The number of fused-ring (bicyclic) bond motifs is 5. The van der Waals surface area contributed by atoms with Crippen molar-refractivity contribution in [2.75, 3.05) is 20.2 Å². The molecule has 1 atom stereocenters. The van der Waals surface area contributed by atoms with Gasteiger partial charge in [-0.15, -0.1) is 0 Å². The fourth-order valence-corrected chi connectivity index (χ4v) is 5.48. The second-order valence-electron chi connectivity index (χ2n) is 8.48. The summed E-state index contributed by atoms with van der Waals surface area (Å²) in [4.78, 5) is 34.0. The van der Waals surface area contributed by atoms with Gasteiger partial charge in [0, 0.05) is 23.5 Å². The number of carbonyl (C=O) groups excluding carboxylic acids is 2. The van der Waals surface area contributed by atoms with Gasteiger partial charge in [-0.3, -0.25) is 9.59 Å². The van der Waals surface area contributed by atoms with Crippen LogP contribution in [0.3, 0.4) is 0 Å². The maximum Gasteiger partial charge on any atom is 0.255 e. The van der Waals surface area contributed by atoms with E-state index in [1.54, 1.807) is 12.0 Å². The smallest absolute Gasteiger partial charge is 0.255 e. The maximum absolute atomic E-state index is 13.8. The highest BCUT2D eigenvalue weighted by Crippen LogP contribution is 2.43. The highest BCUT2D eigenvalue weighted by atomic mass is 16.5. The summed E-state index contributed by atoms with van der Waals surface area (Å²) < 4.78 is 5.40. The van der Waals surface area contributed by atoms with E-state index in [9.17, 15) is 9.59 Å². The Kier molecular flexibility index (Phi) is 3.93. The van der Waals surface area contributed by atoms with Crippen molar-refractivity contribution in [2.24, 2.45) is 0 Å². The van der Waals surface area contributed by atoms with E-state index in [-0.39, 0.29) is 24.4 Å². The lowest BCUT2D eigenvalue weighted by atomic mass is 9.82. The predicted octanol–water partition coefficient (Wildman–Crippen LogP) is 2.95. The molecule has 28 heavy (non-hydrogen) atoms. The zero-order valence-corrected chi connectivity index (χ0v) is 16.6. The molecule has 1 N–H and O–H groups in total. The van der Waals surface area contributed by atoms with E-state index in [1.165, 1.54) is 6.42 Å². The Morgan fingerprint density at radius 2 is 1.96 bits per heavy atom. The Labute approximate surface area is 164 Å². The molecule has 3 heterocycles. The maximum atomic E-state index is 13.8. The number of piperazine rings is 1. The summed E-state index contributed by atoms with van der Waals surface area (Å²) in [5, 5.41) is 1.09. The van der Waals surface area contributed by atoms with Crippen LogP contribution in [0.15, 0.2) is 18.2 Å². The van der Waals surface area contributed by atoms with Crippen LogP contribution in [0, 0.1) is 0 Å². The van der Waals surface area contributed by atoms with Crippen molar-refractivity contribution < 1.29 is 14.3 Å². The Morgan fingerprint density at radius 3 is 2.71 bits per heavy atom. The van der Waals surface area contributed by atoms with Crippen LogP contribution in [0.5, 0.6) is 5.75 Å². The molecule has 2 amide bonds. The fourth-order valence-electron chi connectivity index (χ4n) is 5.48. The monoisotopic (exact) mass is 381 g/mol. The zero-order valence-electron chi connectivity index (χ0n) is 16.6. The quantitative estimate of drug-likeness (QED) is 0.870. The standard InChI is InChI=1S/C22H27N3O3/c1-22-20-16(17-12-15(28-2)8-9-18(17)23-20)10-11-25(22)19(26)13-24(21(22)27)14-6-4-3-5-7-14/h8-9,12,14,23H,3-7,10-11,13H2,1-2H3. The van der Waals surface area contributed by atoms with E-state index in [4.69, 9.17) is 4.74 Å². The van der Waals surface area contributed by atoms with Gasteiger partial charge in [0.05, 0.1) is 12.8 Å². The zero-order chi connectivity index (χ0) is 19.5. The average molecular weight is 381 g/mol. The first kappa shape index (κ1) is 17.6. The number of H-pyrrole nitrogens is 1. The van der Waals surface area contributed by atoms with Crippen molar-refractivity contribution in [3.05, 3.63) is 29.5 Å². The fraction of sp³-hybridized carbons (Fsp3) is 0.545. The lowest BCUT2D eigenvalue weighted by Crippen LogP contribution is -2.68. The summed E-state index contributed by atoms with van der Waals surface area (Å²) in [5.74, 6) is 0.935. The molecule has 1 saturated heterocycles. The van der Waals surface area contributed by atoms with Gasteiger partial charge in [0.2, 0.25) is 5.91 Å². The first-order valence-electron chi connectivity index (χ1n) is 10.3. The van der Waals surface area contributed by atoms with Gasteiger partial charge in [-0.1, -0.05) is 19.3 Å². The first-order valence-corrected chi connectivity index (χ1v) is 10.3. The molecule has 1 saturated carbocycles. The number of carbonyl (C=O) groups is 2. The summed E-state index contributed by atoms with van der Waals surface area (Å²) in [6, 6.07) is 6.14. The topological polar surface area (TPSA) is 65.6 Å². The minimum Gasteiger partial charge on any atom is -0.497 e. The molecular weight excluding hydrogens is 354 g/mol. The third kappa shape index (κ3) is 2.33. The molecule has 1 aliphatic carbocycles. The number of nitrogens with zero attached hydrogens (tertiary/aromatic N) is 2. The van der Waals surface area contributed by atoms with Crippen LogP contribution >= 0.6 is 0 Å². The third-order valence-electron chi connectivity index (χ3n) is 7.02. The minimum absolute atomic E-state index is 0.0644. The van der Waals surface area contributed by atoms with E-state index in [1.807, 2.05) is 30.0 Å². The molecule has 1 unspecified atom stereocenters. The van der Waals surface area contributed by atoms with E-state index < -0.39 is 5.54 Å². The number of aromatic amines is 1. The highest BCUT2D eigenvalue weighted by Gasteiger charge is 2.55. The Morgan fingerprint density at radius 1 is 1.18 bits per heavy atom. The van der Waals surface area contributed by atoms with Crippen LogP contribution in [0.1, 0.15) is 50.3 Å². The molecule has 6 nitrogen and oxygen atoms in total. The first-order chi connectivity index (χ1) is 13.5. The molecule has 6 heteroatoms. The second kappa shape index (κ2) is 6.26. The number of benzene rings is 1. The Hall–Kier alpha value is -2.50. The van der Waals surface area contributed by atoms with Gasteiger partial charge in [-0.25, -0.2) is 0 Å². The number of rotatable bonds is 2. The Bertz CT molecular complexity index is 959. The molecule has 2 aromatic rings. The van der Waals surface area contributed by atoms with E-state index in [0.717, 1.165) is 60.0 Å². The number of amides is 2. The average Bonchev–Trinajstić information content (AvgIpc) is 3.10. The van der Waals surface area contributed by atoms with Crippen LogP contribution < -0.4 is 4.74 Å². The van der Waals surface area contributed by atoms with E-state index in [0.29, 0.717) is 6.54 Å². The van der Waals surface area contributed by atoms with Crippen LogP contribution in [0.2, 0.25) is 0 Å². The lowest BCUT2D eigenvalue weighted by Gasteiger charge is -2.51. The van der Waals surface area contributed by atoms with Crippen molar-refractivity contribution in [1.29, 1.82) is 0 Å². The van der Waals surface area contributed by atoms with Crippen molar-refractivity contribution in [3.8, 4) is 5.75 Å². The molecule has 0 spiro atoms. The highest BCUT2D eigenvalue weighted by molar-refractivity contribution is 6.01. The molecule has 0 radical (unpaired) electrons. The minimum atomic E-state index is -0.952. The predicted molar refractivity (Wildman–Crippen MR) is 106 cm³/mol. The van der Waals surface area contributed by atoms with Crippen LogP contribution in [0.25, 0.3) is 10.9 Å². The van der Waals surface area contributed by atoms with Gasteiger partial charge in [-0.05, 0) is 49.9 Å². The van der Waals surface area contributed by atoms with E-state index >= 15 is 0 Å². The number of methoxy groups -OCH3 is 1. The van der Waals surface area contributed by atoms with Crippen molar-refractivity contribution >= 4 is 22.7 Å². The molecular formula is C22H27N3O3. The van der Waals surface area contributed by atoms with Gasteiger partial charge in [-0.2, -0.15) is 0 Å². The number of aromatic nitrogens is 1. The Balaban J connectivity index is 1.62. The largest absolute Gasteiger partial charge is 0.497 e. The van der Waals surface area contributed by atoms with Gasteiger partial charge >= 0.3 is 0 Å².